The van der Waals surface area contributed by atoms with Crippen molar-refractivity contribution in [2.24, 2.45) is 4.99 Å². The van der Waals surface area contributed by atoms with Gasteiger partial charge < -0.3 is 19.7 Å². The molecule has 162 valence electrons. The molecule has 0 aliphatic rings. The Hall–Kier alpha value is -1.10. The topological polar surface area (TPSA) is 59.0 Å². The van der Waals surface area contributed by atoms with Crippen molar-refractivity contribution in [2.75, 3.05) is 27.2 Å². The molecule has 2 rings (SSSR count). The second-order valence-corrected chi connectivity index (χ2v) is 7.76. The van der Waals surface area contributed by atoms with Crippen molar-refractivity contribution in [2.45, 2.75) is 39.5 Å². The van der Waals surface area contributed by atoms with Gasteiger partial charge in [-0.05, 0) is 32.9 Å². The molecule has 0 aliphatic heterocycles. The number of methoxy groups -OCH3 is 1. The molecule has 0 aliphatic carbocycles. The third-order valence-corrected chi connectivity index (χ3v) is 5.40. The fourth-order valence-electron chi connectivity index (χ4n) is 2.48. The third-order valence-electron chi connectivity index (χ3n) is 4.03. The maximum absolute atomic E-state index is 6.16. The zero-order chi connectivity index (χ0) is 20.5. The SMILES string of the molecule is CCNC(=NCC(C)Oc1ccccc1Cl)N(C)Cc1csc(C(C)OC)n1.I. The monoisotopic (exact) mass is 552 g/mol. The van der Waals surface area contributed by atoms with E-state index in [1.165, 1.54) is 0 Å². The largest absolute Gasteiger partial charge is 0.487 e. The molecule has 1 aromatic carbocycles. The molecule has 1 heterocycles. The van der Waals surface area contributed by atoms with Crippen LogP contribution in [0.2, 0.25) is 5.02 Å². The molecule has 0 bridgehead atoms. The van der Waals surface area contributed by atoms with E-state index in [0.717, 1.165) is 23.2 Å². The average Bonchev–Trinajstić information content (AvgIpc) is 3.14. The van der Waals surface area contributed by atoms with Crippen LogP contribution in [0.4, 0.5) is 0 Å². The Labute approximate surface area is 199 Å². The lowest BCUT2D eigenvalue weighted by atomic mass is 10.3. The first-order valence-corrected chi connectivity index (χ1v) is 10.6. The maximum atomic E-state index is 6.16. The second kappa shape index (κ2) is 13.3. The molecule has 29 heavy (non-hydrogen) atoms. The minimum Gasteiger partial charge on any atom is -0.487 e. The van der Waals surface area contributed by atoms with Crippen LogP contribution < -0.4 is 10.1 Å². The normalized spacial score (nSPS) is 13.4. The number of hydrogen-bond acceptors (Lipinski definition) is 5. The molecule has 1 aromatic heterocycles. The third kappa shape index (κ3) is 8.27. The summed E-state index contributed by atoms with van der Waals surface area (Å²) in [5.41, 5.74) is 0.998. The van der Waals surface area contributed by atoms with E-state index in [2.05, 4.69) is 20.6 Å². The number of hydrogen-bond donors (Lipinski definition) is 1. The van der Waals surface area contributed by atoms with Gasteiger partial charge in [-0.25, -0.2) is 9.98 Å². The summed E-state index contributed by atoms with van der Waals surface area (Å²) in [6.07, 6.45) is -0.0934. The molecule has 0 amide bonds. The number of rotatable bonds is 9. The number of guanidine groups is 1. The van der Waals surface area contributed by atoms with Gasteiger partial charge in [0.1, 0.15) is 23.0 Å². The van der Waals surface area contributed by atoms with E-state index in [-0.39, 0.29) is 36.2 Å². The Bertz CT molecular complexity index is 774. The van der Waals surface area contributed by atoms with E-state index < -0.39 is 0 Å². The standard InChI is InChI=1S/C20H29ClN4O2S.HI/c1-6-22-20(23-11-14(2)27-18-10-8-7-9-17(18)21)25(4)12-16-13-28-19(24-16)15(3)26-5;/h7-10,13-15H,6,11-12H2,1-5H3,(H,22,23);1H. The van der Waals surface area contributed by atoms with Crippen molar-refractivity contribution in [1.82, 2.24) is 15.2 Å². The molecule has 1 N–H and O–H groups in total. The summed E-state index contributed by atoms with van der Waals surface area (Å²) in [5, 5.41) is 6.97. The van der Waals surface area contributed by atoms with Crippen molar-refractivity contribution >= 4 is 52.9 Å². The molecule has 2 atom stereocenters. The van der Waals surface area contributed by atoms with Gasteiger partial charge in [0.05, 0.1) is 23.8 Å². The number of benzene rings is 1. The summed E-state index contributed by atoms with van der Waals surface area (Å²) in [7, 11) is 3.69. The highest BCUT2D eigenvalue weighted by molar-refractivity contribution is 14.0. The van der Waals surface area contributed by atoms with Gasteiger partial charge in [0.25, 0.3) is 0 Å². The minimum atomic E-state index is -0.101. The van der Waals surface area contributed by atoms with Crippen LogP contribution in [-0.2, 0) is 11.3 Å². The zero-order valence-electron chi connectivity index (χ0n) is 17.5. The van der Waals surface area contributed by atoms with Crippen molar-refractivity contribution in [1.29, 1.82) is 0 Å². The van der Waals surface area contributed by atoms with Gasteiger partial charge in [-0.2, -0.15) is 0 Å². The molecule has 0 radical (unpaired) electrons. The number of thiazole rings is 1. The maximum Gasteiger partial charge on any atom is 0.194 e. The number of para-hydroxylation sites is 1. The Kier molecular flexibility index (Phi) is 11.9. The van der Waals surface area contributed by atoms with E-state index in [4.69, 9.17) is 26.1 Å². The van der Waals surface area contributed by atoms with Crippen LogP contribution >= 0.6 is 46.9 Å². The summed E-state index contributed by atoms with van der Waals surface area (Å²) in [6, 6.07) is 7.47. The van der Waals surface area contributed by atoms with Crippen LogP contribution in [0.3, 0.4) is 0 Å². The van der Waals surface area contributed by atoms with Crippen LogP contribution in [-0.4, -0.2) is 49.2 Å². The van der Waals surface area contributed by atoms with Gasteiger partial charge in [-0.15, -0.1) is 35.3 Å². The van der Waals surface area contributed by atoms with Gasteiger partial charge in [0, 0.05) is 26.1 Å². The highest BCUT2D eigenvalue weighted by atomic mass is 127. The first-order valence-electron chi connectivity index (χ1n) is 9.32. The summed E-state index contributed by atoms with van der Waals surface area (Å²) in [5.74, 6) is 1.49. The smallest absolute Gasteiger partial charge is 0.194 e. The fraction of sp³-hybridized carbons (Fsp3) is 0.500. The van der Waals surface area contributed by atoms with Gasteiger partial charge in [0.15, 0.2) is 5.96 Å². The van der Waals surface area contributed by atoms with Crippen molar-refractivity contribution in [3.8, 4) is 5.75 Å². The van der Waals surface area contributed by atoms with E-state index in [9.17, 15) is 0 Å². The fourth-order valence-corrected chi connectivity index (χ4v) is 3.50. The highest BCUT2D eigenvalue weighted by Crippen LogP contribution is 2.24. The molecule has 0 fully saturated rings. The Morgan fingerprint density at radius 1 is 1.34 bits per heavy atom. The summed E-state index contributed by atoms with van der Waals surface area (Å²) >= 11 is 7.77. The van der Waals surface area contributed by atoms with Gasteiger partial charge in [-0.3, -0.25) is 0 Å². The predicted molar refractivity (Wildman–Crippen MR) is 132 cm³/mol. The number of halogens is 2. The Morgan fingerprint density at radius 3 is 2.72 bits per heavy atom. The molecule has 0 saturated heterocycles. The van der Waals surface area contributed by atoms with E-state index in [1.807, 2.05) is 52.1 Å². The average molecular weight is 553 g/mol. The van der Waals surface area contributed by atoms with Crippen molar-refractivity contribution < 1.29 is 9.47 Å². The van der Waals surface area contributed by atoms with Crippen LogP contribution in [0, 0.1) is 0 Å². The van der Waals surface area contributed by atoms with E-state index in [1.54, 1.807) is 18.4 Å². The molecular weight excluding hydrogens is 523 g/mol. The highest BCUT2D eigenvalue weighted by Gasteiger charge is 2.13. The van der Waals surface area contributed by atoms with Gasteiger partial charge in [0.2, 0.25) is 0 Å². The number of aliphatic imine (C=N–C) groups is 1. The molecule has 0 saturated carbocycles. The van der Waals surface area contributed by atoms with E-state index >= 15 is 0 Å². The number of ether oxygens (including phenoxy) is 2. The lowest BCUT2D eigenvalue weighted by molar-refractivity contribution is 0.119. The minimum absolute atomic E-state index is 0. The predicted octanol–water partition coefficient (Wildman–Crippen LogP) is 4.99. The number of aromatic nitrogens is 1. The first kappa shape index (κ1) is 25.9. The van der Waals surface area contributed by atoms with Crippen molar-refractivity contribution in [3.05, 3.63) is 45.4 Å². The molecule has 6 nitrogen and oxygen atoms in total. The van der Waals surface area contributed by atoms with Crippen LogP contribution in [0.15, 0.2) is 34.6 Å². The molecule has 2 unspecified atom stereocenters. The quantitative estimate of drug-likeness (QED) is 0.270. The number of nitrogens with one attached hydrogen (secondary N) is 1. The van der Waals surface area contributed by atoms with Gasteiger partial charge >= 0.3 is 0 Å². The van der Waals surface area contributed by atoms with Crippen LogP contribution in [0.25, 0.3) is 0 Å². The summed E-state index contributed by atoms with van der Waals surface area (Å²) < 4.78 is 11.2. The van der Waals surface area contributed by atoms with Gasteiger partial charge in [-0.1, -0.05) is 23.7 Å². The molecule has 2 aromatic rings. The van der Waals surface area contributed by atoms with Crippen molar-refractivity contribution in [3.63, 3.8) is 0 Å². The number of nitrogens with zero attached hydrogens (tertiary/aromatic N) is 3. The van der Waals surface area contributed by atoms with Crippen LogP contribution in [0.5, 0.6) is 5.75 Å². The zero-order valence-corrected chi connectivity index (χ0v) is 21.4. The lowest BCUT2D eigenvalue weighted by Crippen LogP contribution is -2.39. The molecule has 9 heteroatoms. The first-order chi connectivity index (χ1) is 13.4. The van der Waals surface area contributed by atoms with E-state index in [0.29, 0.717) is 23.9 Å². The second-order valence-electron chi connectivity index (χ2n) is 6.46. The Balaban J connectivity index is 0.00000420. The molecular formula is C20H30ClIN4O2S. The van der Waals surface area contributed by atoms with Crippen LogP contribution in [0.1, 0.15) is 37.6 Å². The lowest BCUT2D eigenvalue weighted by Gasteiger charge is -2.22. The molecule has 0 spiro atoms. The summed E-state index contributed by atoms with van der Waals surface area (Å²) in [4.78, 5) is 11.4. The Morgan fingerprint density at radius 2 is 2.07 bits per heavy atom. The summed E-state index contributed by atoms with van der Waals surface area (Å²) in [6.45, 7) is 7.99.